The van der Waals surface area contributed by atoms with Crippen molar-refractivity contribution in [2.24, 2.45) is 0 Å². The maximum Gasteiger partial charge on any atom is 0.252 e. The molecular formula is C18H22N2O5S2. The molecule has 1 aliphatic heterocycles. The summed E-state index contributed by atoms with van der Waals surface area (Å²) in [5.41, 5.74) is 1.50. The summed E-state index contributed by atoms with van der Waals surface area (Å²) in [5, 5.41) is 4.42. The number of amides is 1. The first kappa shape index (κ1) is 19.7. The van der Waals surface area contributed by atoms with Crippen LogP contribution in [0, 0.1) is 0 Å². The van der Waals surface area contributed by atoms with E-state index in [9.17, 15) is 13.2 Å². The minimum absolute atomic E-state index is 0.0718. The number of hydrogen-bond acceptors (Lipinski definition) is 6. The Morgan fingerprint density at radius 3 is 2.89 bits per heavy atom. The van der Waals surface area contributed by atoms with Crippen molar-refractivity contribution in [3.8, 4) is 11.5 Å². The summed E-state index contributed by atoms with van der Waals surface area (Å²) in [6.45, 7) is 3.98. The molecule has 3 rings (SSSR count). The van der Waals surface area contributed by atoms with Gasteiger partial charge in [0.15, 0.2) is 0 Å². The molecule has 1 aromatic carbocycles. The molecule has 146 valence electrons. The topological polar surface area (TPSA) is 84.9 Å². The normalized spacial score (nSPS) is 16.1. The van der Waals surface area contributed by atoms with Gasteiger partial charge >= 0.3 is 0 Å². The zero-order valence-corrected chi connectivity index (χ0v) is 17.0. The van der Waals surface area contributed by atoms with E-state index in [1.807, 2.05) is 19.9 Å². The second-order valence-corrected chi connectivity index (χ2v) is 9.48. The Morgan fingerprint density at radius 1 is 1.44 bits per heavy atom. The second-order valence-electron chi connectivity index (χ2n) is 6.26. The molecule has 0 aliphatic carbocycles. The molecule has 1 amide bonds. The summed E-state index contributed by atoms with van der Waals surface area (Å²) < 4.78 is 37.5. The van der Waals surface area contributed by atoms with E-state index < -0.39 is 15.9 Å². The molecule has 1 aromatic heterocycles. The third kappa shape index (κ3) is 4.26. The van der Waals surface area contributed by atoms with Crippen molar-refractivity contribution >= 4 is 33.0 Å². The number of carbonyl (C=O) groups is 1. The zero-order chi connectivity index (χ0) is 19.6. The van der Waals surface area contributed by atoms with Crippen molar-refractivity contribution in [2.75, 3.05) is 25.5 Å². The van der Waals surface area contributed by atoms with Crippen LogP contribution in [0.3, 0.4) is 0 Å². The number of nitrogens with one attached hydrogen (secondary N) is 1. The summed E-state index contributed by atoms with van der Waals surface area (Å²) in [5.74, 6) is 0.802. The lowest BCUT2D eigenvalue weighted by atomic mass is 10.1. The predicted octanol–water partition coefficient (Wildman–Crippen LogP) is 2.73. The van der Waals surface area contributed by atoms with Gasteiger partial charge in [-0.15, -0.1) is 11.3 Å². The molecule has 0 saturated heterocycles. The van der Waals surface area contributed by atoms with Crippen molar-refractivity contribution in [1.82, 2.24) is 4.31 Å². The number of fused-ring (bicyclic) bond motifs is 1. The van der Waals surface area contributed by atoms with E-state index in [2.05, 4.69) is 5.32 Å². The molecule has 7 nitrogen and oxygen atoms in total. The van der Waals surface area contributed by atoms with Crippen LogP contribution >= 0.6 is 11.3 Å². The number of nitrogens with zero attached hydrogens (tertiary/aromatic N) is 1. The zero-order valence-electron chi connectivity index (χ0n) is 15.4. The summed E-state index contributed by atoms with van der Waals surface area (Å²) in [6.07, 6.45) is 0.855. The molecule has 1 atom stereocenters. The van der Waals surface area contributed by atoms with Gasteiger partial charge in [0, 0.05) is 25.1 Å². The Morgan fingerprint density at radius 2 is 2.22 bits per heavy atom. The molecule has 9 heteroatoms. The first-order chi connectivity index (χ1) is 12.8. The fourth-order valence-corrected chi connectivity index (χ4v) is 5.18. The van der Waals surface area contributed by atoms with E-state index in [1.54, 1.807) is 17.5 Å². The van der Waals surface area contributed by atoms with Gasteiger partial charge in [-0.3, -0.25) is 4.79 Å². The molecule has 27 heavy (non-hydrogen) atoms. The summed E-state index contributed by atoms with van der Waals surface area (Å²) in [7, 11) is -2.30. The van der Waals surface area contributed by atoms with E-state index in [0.29, 0.717) is 23.8 Å². The smallest absolute Gasteiger partial charge is 0.252 e. The Hall–Kier alpha value is -2.10. The first-order valence-corrected chi connectivity index (χ1v) is 10.9. The minimum atomic E-state index is -3.69. The van der Waals surface area contributed by atoms with Crippen molar-refractivity contribution in [3.63, 3.8) is 0 Å². The summed E-state index contributed by atoms with van der Waals surface area (Å²) >= 11 is 1.11. The second kappa shape index (κ2) is 7.87. The van der Waals surface area contributed by atoms with E-state index in [-0.39, 0.29) is 16.9 Å². The van der Waals surface area contributed by atoms with Crippen LogP contribution in [0.2, 0.25) is 0 Å². The molecule has 0 bridgehead atoms. The number of benzene rings is 1. The van der Waals surface area contributed by atoms with Crippen LogP contribution in [-0.4, -0.2) is 44.9 Å². The molecule has 1 N–H and O–H groups in total. The molecule has 1 aliphatic rings. The molecule has 0 fully saturated rings. The van der Waals surface area contributed by atoms with E-state index in [0.717, 1.165) is 27.6 Å². The highest BCUT2D eigenvalue weighted by molar-refractivity contribution is 7.91. The maximum absolute atomic E-state index is 12.5. The number of ether oxygens (including phenoxy) is 2. The highest BCUT2D eigenvalue weighted by atomic mass is 32.2. The number of hydrogen-bond donors (Lipinski definition) is 1. The molecule has 2 heterocycles. The highest BCUT2D eigenvalue weighted by Gasteiger charge is 2.26. The van der Waals surface area contributed by atoms with E-state index in [1.165, 1.54) is 13.1 Å². The molecule has 0 saturated carbocycles. The molecule has 0 unspecified atom stereocenters. The lowest BCUT2D eigenvalue weighted by molar-refractivity contribution is -0.116. The van der Waals surface area contributed by atoms with Crippen LogP contribution in [-0.2, 0) is 21.2 Å². The van der Waals surface area contributed by atoms with Crippen molar-refractivity contribution in [2.45, 2.75) is 30.6 Å². The number of thiophene rings is 1. The maximum atomic E-state index is 12.5. The standard InChI is InChI=1S/C18H22N2O5S2/c1-4-24-16-9-13-8-12(2)25-15(13)10-14(16)19-17(21)11-20(3)27(22,23)18-6-5-7-26-18/h5-7,9-10,12H,4,8,11H2,1-3H3,(H,19,21)/t12-/m0/s1. The fourth-order valence-electron chi connectivity index (χ4n) is 2.85. The lowest BCUT2D eigenvalue weighted by Gasteiger charge is -2.17. The van der Waals surface area contributed by atoms with Crippen LogP contribution in [0.1, 0.15) is 19.4 Å². The highest BCUT2D eigenvalue weighted by Crippen LogP contribution is 2.38. The van der Waals surface area contributed by atoms with Crippen molar-refractivity contribution < 1.29 is 22.7 Å². The average molecular weight is 411 g/mol. The van der Waals surface area contributed by atoms with Gasteiger partial charge < -0.3 is 14.8 Å². The molecule has 0 spiro atoms. The van der Waals surface area contributed by atoms with Crippen molar-refractivity contribution in [3.05, 3.63) is 35.2 Å². The number of sulfonamides is 1. The molecule has 0 radical (unpaired) electrons. The van der Waals surface area contributed by atoms with Gasteiger partial charge in [-0.05, 0) is 31.4 Å². The monoisotopic (exact) mass is 410 g/mol. The number of carbonyl (C=O) groups excluding carboxylic acids is 1. The molecule has 2 aromatic rings. The first-order valence-electron chi connectivity index (χ1n) is 8.57. The van der Waals surface area contributed by atoms with Gasteiger partial charge in [0.2, 0.25) is 5.91 Å². The minimum Gasteiger partial charge on any atom is -0.492 e. The van der Waals surface area contributed by atoms with Crippen LogP contribution in [0.5, 0.6) is 11.5 Å². The van der Waals surface area contributed by atoms with E-state index >= 15 is 0 Å². The largest absolute Gasteiger partial charge is 0.492 e. The third-order valence-electron chi connectivity index (χ3n) is 4.10. The van der Waals surface area contributed by atoms with E-state index in [4.69, 9.17) is 9.47 Å². The van der Waals surface area contributed by atoms with Gasteiger partial charge in [0.05, 0.1) is 18.8 Å². The van der Waals surface area contributed by atoms with Crippen molar-refractivity contribution in [1.29, 1.82) is 0 Å². The Labute approximate surface area is 163 Å². The van der Waals surface area contributed by atoms with Gasteiger partial charge in [-0.2, -0.15) is 4.31 Å². The summed E-state index contributed by atoms with van der Waals surface area (Å²) in [4.78, 5) is 12.4. The van der Waals surface area contributed by atoms with Gasteiger partial charge in [-0.25, -0.2) is 8.42 Å². The SMILES string of the molecule is CCOc1cc2c(cc1NC(=O)CN(C)S(=O)(=O)c1cccs1)O[C@@H](C)C2. The molecular weight excluding hydrogens is 388 g/mol. The van der Waals surface area contributed by atoms with Gasteiger partial charge in [0.1, 0.15) is 21.8 Å². The fraction of sp³-hybridized carbons (Fsp3) is 0.389. The number of anilines is 1. The van der Waals surface area contributed by atoms with Crippen LogP contribution in [0.4, 0.5) is 5.69 Å². The Kier molecular flexibility index (Phi) is 5.73. The number of likely N-dealkylation sites (N-methyl/N-ethyl adjacent to an activating group) is 1. The Bertz CT molecular complexity index is 925. The lowest BCUT2D eigenvalue weighted by Crippen LogP contribution is -2.34. The van der Waals surface area contributed by atoms with Crippen LogP contribution in [0.25, 0.3) is 0 Å². The van der Waals surface area contributed by atoms with Crippen LogP contribution < -0.4 is 14.8 Å². The number of rotatable bonds is 7. The van der Waals surface area contributed by atoms with Gasteiger partial charge in [0.25, 0.3) is 10.0 Å². The van der Waals surface area contributed by atoms with Gasteiger partial charge in [-0.1, -0.05) is 6.07 Å². The van der Waals surface area contributed by atoms with Crippen LogP contribution in [0.15, 0.2) is 33.9 Å². The average Bonchev–Trinajstić information content (AvgIpc) is 3.24. The summed E-state index contributed by atoms with van der Waals surface area (Å²) in [6, 6.07) is 6.77. The predicted molar refractivity (Wildman–Crippen MR) is 104 cm³/mol. The third-order valence-corrected chi connectivity index (χ3v) is 7.27. The Balaban J connectivity index is 1.75. The quantitative estimate of drug-likeness (QED) is 0.759.